The Morgan fingerprint density at radius 1 is 1.38 bits per heavy atom. The average Bonchev–Trinajstić information content (AvgIpc) is 2.94. The maximum Gasteiger partial charge on any atom is 0.325 e. The Labute approximate surface area is 123 Å². The first kappa shape index (κ1) is 15.3. The topological polar surface area (TPSA) is 70.1 Å². The molecule has 6 heteroatoms. The maximum atomic E-state index is 12.6. The average molecular weight is 292 g/mol. The van der Waals surface area contributed by atoms with Crippen LogP contribution in [-0.4, -0.2) is 54.9 Å². The van der Waals surface area contributed by atoms with Gasteiger partial charge in [0, 0.05) is 25.9 Å². The summed E-state index contributed by atoms with van der Waals surface area (Å²) in [6.07, 6.45) is 0.801. The van der Waals surface area contributed by atoms with Crippen LogP contribution >= 0.6 is 0 Å². The van der Waals surface area contributed by atoms with Crippen molar-refractivity contribution in [3.63, 3.8) is 0 Å². The van der Waals surface area contributed by atoms with E-state index < -0.39 is 5.97 Å². The SMILES string of the molecule is COC1CCN(C(=O)N(CC(=O)O)c2ccc(C)cc2)C1. The highest BCUT2D eigenvalue weighted by Crippen LogP contribution is 2.20. The predicted molar refractivity (Wildman–Crippen MR) is 78.5 cm³/mol. The van der Waals surface area contributed by atoms with Gasteiger partial charge in [0.15, 0.2) is 0 Å². The number of rotatable bonds is 4. The molecule has 1 N–H and O–H groups in total. The molecule has 2 amide bonds. The number of carbonyl (C=O) groups excluding carboxylic acids is 1. The van der Waals surface area contributed by atoms with Gasteiger partial charge in [-0.1, -0.05) is 17.7 Å². The van der Waals surface area contributed by atoms with E-state index in [1.807, 2.05) is 19.1 Å². The largest absolute Gasteiger partial charge is 0.480 e. The fraction of sp³-hybridized carbons (Fsp3) is 0.467. The Kier molecular flexibility index (Phi) is 4.80. The van der Waals surface area contributed by atoms with Crippen LogP contribution in [0.15, 0.2) is 24.3 Å². The van der Waals surface area contributed by atoms with Gasteiger partial charge < -0.3 is 14.7 Å². The third kappa shape index (κ3) is 3.72. The number of methoxy groups -OCH3 is 1. The van der Waals surface area contributed by atoms with Crippen LogP contribution in [0.3, 0.4) is 0 Å². The molecule has 1 aromatic rings. The number of carbonyl (C=O) groups is 2. The molecule has 1 aromatic carbocycles. The number of hydrogen-bond donors (Lipinski definition) is 1. The van der Waals surface area contributed by atoms with Gasteiger partial charge >= 0.3 is 12.0 Å². The van der Waals surface area contributed by atoms with Crippen molar-refractivity contribution in [2.75, 3.05) is 31.6 Å². The second kappa shape index (κ2) is 6.58. The lowest BCUT2D eigenvalue weighted by Crippen LogP contribution is -2.45. The van der Waals surface area contributed by atoms with Gasteiger partial charge in [-0.15, -0.1) is 0 Å². The Morgan fingerprint density at radius 3 is 2.57 bits per heavy atom. The van der Waals surface area contributed by atoms with Gasteiger partial charge in [-0.2, -0.15) is 0 Å². The zero-order valence-corrected chi connectivity index (χ0v) is 12.3. The molecule has 1 unspecified atom stereocenters. The lowest BCUT2D eigenvalue weighted by atomic mass is 10.2. The van der Waals surface area contributed by atoms with E-state index >= 15 is 0 Å². The number of aryl methyl sites for hydroxylation is 1. The number of benzene rings is 1. The zero-order chi connectivity index (χ0) is 15.4. The van der Waals surface area contributed by atoms with E-state index in [2.05, 4.69) is 0 Å². The Balaban J connectivity index is 2.17. The molecular formula is C15H20N2O4. The van der Waals surface area contributed by atoms with Crippen molar-refractivity contribution in [3.8, 4) is 0 Å². The molecule has 0 aliphatic carbocycles. The van der Waals surface area contributed by atoms with Crippen LogP contribution in [0.1, 0.15) is 12.0 Å². The summed E-state index contributed by atoms with van der Waals surface area (Å²) in [6, 6.07) is 6.96. The summed E-state index contributed by atoms with van der Waals surface area (Å²) in [5.74, 6) is -1.04. The van der Waals surface area contributed by atoms with Crippen molar-refractivity contribution >= 4 is 17.7 Å². The molecule has 0 spiro atoms. The minimum absolute atomic E-state index is 0.0265. The van der Waals surface area contributed by atoms with E-state index in [-0.39, 0.29) is 18.7 Å². The number of hydrogen-bond acceptors (Lipinski definition) is 3. The van der Waals surface area contributed by atoms with Crippen LogP contribution in [0.25, 0.3) is 0 Å². The van der Waals surface area contributed by atoms with Gasteiger partial charge in [0.05, 0.1) is 6.10 Å². The van der Waals surface area contributed by atoms with E-state index in [0.29, 0.717) is 18.8 Å². The summed E-state index contributed by atoms with van der Waals surface area (Å²) in [7, 11) is 1.62. The molecule has 0 saturated carbocycles. The minimum atomic E-state index is -1.04. The van der Waals surface area contributed by atoms with Crippen molar-refractivity contribution < 1.29 is 19.4 Å². The highest BCUT2D eigenvalue weighted by molar-refractivity contribution is 5.96. The van der Waals surface area contributed by atoms with Gasteiger partial charge in [0.2, 0.25) is 0 Å². The number of aliphatic carboxylic acids is 1. The fourth-order valence-electron chi connectivity index (χ4n) is 2.39. The number of amides is 2. The van der Waals surface area contributed by atoms with Gasteiger partial charge in [-0.3, -0.25) is 9.69 Å². The number of ether oxygens (including phenoxy) is 1. The second-order valence-corrected chi connectivity index (χ2v) is 5.19. The van der Waals surface area contributed by atoms with Crippen molar-refractivity contribution in [3.05, 3.63) is 29.8 Å². The molecule has 1 aliphatic heterocycles. The number of urea groups is 1. The molecular weight excluding hydrogens is 272 g/mol. The maximum absolute atomic E-state index is 12.6. The summed E-state index contributed by atoms with van der Waals surface area (Å²) >= 11 is 0. The molecule has 1 saturated heterocycles. The number of nitrogens with zero attached hydrogens (tertiary/aromatic N) is 2. The summed E-state index contributed by atoms with van der Waals surface area (Å²) in [4.78, 5) is 26.5. The van der Waals surface area contributed by atoms with E-state index in [1.54, 1.807) is 24.1 Å². The van der Waals surface area contributed by atoms with E-state index in [9.17, 15) is 9.59 Å². The number of likely N-dealkylation sites (tertiary alicyclic amines) is 1. The highest BCUT2D eigenvalue weighted by atomic mass is 16.5. The van der Waals surface area contributed by atoms with Crippen molar-refractivity contribution in [1.29, 1.82) is 0 Å². The van der Waals surface area contributed by atoms with Gasteiger partial charge in [0.1, 0.15) is 6.54 Å². The van der Waals surface area contributed by atoms with E-state index in [1.165, 1.54) is 4.90 Å². The molecule has 6 nitrogen and oxygen atoms in total. The standard InChI is InChI=1S/C15H20N2O4/c1-11-3-5-12(6-4-11)17(10-14(18)19)15(20)16-8-7-13(9-16)21-2/h3-6,13H,7-10H2,1-2H3,(H,18,19). The highest BCUT2D eigenvalue weighted by Gasteiger charge is 2.30. The summed E-state index contributed by atoms with van der Waals surface area (Å²) in [6.45, 7) is 2.67. The molecule has 114 valence electrons. The predicted octanol–water partition coefficient (Wildman–Crippen LogP) is 1.73. The summed E-state index contributed by atoms with van der Waals surface area (Å²) in [5, 5.41) is 9.05. The third-order valence-electron chi connectivity index (χ3n) is 3.62. The first-order valence-corrected chi connectivity index (χ1v) is 6.89. The molecule has 0 bridgehead atoms. The van der Waals surface area contributed by atoms with Crippen LogP contribution in [0.4, 0.5) is 10.5 Å². The molecule has 1 atom stereocenters. The van der Waals surface area contributed by atoms with E-state index in [4.69, 9.17) is 9.84 Å². The van der Waals surface area contributed by atoms with Gasteiger partial charge in [-0.25, -0.2) is 4.79 Å². The Hall–Kier alpha value is -2.08. The first-order chi connectivity index (χ1) is 10.0. The van der Waals surface area contributed by atoms with Crippen molar-refractivity contribution in [2.45, 2.75) is 19.4 Å². The van der Waals surface area contributed by atoms with Crippen LogP contribution in [-0.2, 0) is 9.53 Å². The van der Waals surface area contributed by atoms with Crippen molar-refractivity contribution in [2.24, 2.45) is 0 Å². The van der Waals surface area contributed by atoms with Crippen molar-refractivity contribution in [1.82, 2.24) is 4.90 Å². The molecule has 0 radical (unpaired) electrons. The van der Waals surface area contributed by atoms with Crippen LogP contribution in [0, 0.1) is 6.92 Å². The van der Waals surface area contributed by atoms with Gasteiger partial charge in [0.25, 0.3) is 0 Å². The second-order valence-electron chi connectivity index (χ2n) is 5.19. The smallest absolute Gasteiger partial charge is 0.325 e. The van der Waals surface area contributed by atoms with Crippen LogP contribution in [0.2, 0.25) is 0 Å². The molecule has 0 aromatic heterocycles. The van der Waals surface area contributed by atoms with Gasteiger partial charge in [-0.05, 0) is 25.5 Å². The molecule has 21 heavy (non-hydrogen) atoms. The molecule has 1 aliphatic rings. The third-order valence-corrected chi connectivity index (χ3v) is 3.62. The number of anilines is 1. The van der Waals surface area contributed by atoms with Crippen LogP contribution < -0.4 is 4.90 Å². The Bertz CT molecular complexity index is 515. The lowest BCUT2D eigenvalue weighted by molar-refractivity contribution is -0.135. The summed E-state index contributed by atoms with van der Waals surface area (Å²) in [5.41, 5.74) is 1.65. The molecule has 1 heterocycles. The number of carboxylic acids is 1. The fourth-order valence-corrected chi connectivity index (χ4v) is 2.39. The monoisotopic (exact) mass is 292 g/mol. The van der Waals surface area contributed by atoms with Crippen LogP contribution in [0.5, 0.6) is 0 Å². The molecule has 2 rings (SSSR count). The quantitative estimate of drug-likeness (QED) is 0.917. The minimum Gasteiger partial charge on any atom is -0.480 e. The number of carboxylic acid groups (broad SMARTS) is 1. The Morgan fingerprint density at radius 2 is 2.05 bits per heavy atom. The summed E-state index contributed by atoms with van der Waals surface area (Å²) < 4.78 is 5.25. The lowest BCUT2D eigenvalue weighted by Gasteiger charge is -2.27. The first-order valence-electron chi connectivity index (χ1n) is 6.89. The zero-order valence-electron chi connectivity index (χ0n) is 12.3. The normalized spacial score (nSPS) is 17.8. The molecule has 1 fully saturated rings. The van der Waals surface area contributed by atoms with E-state index in [0.717, 1.165) is 12.0 Å².